The van der Waals surface area contributed by atoms with E-state index in [9.17, 15) is 14.0 Å². The average Bonchev–Trinajstić information content (AvgIpc) is 3.10. The van der Waals surface area contributed by atoms with Gasteiger partial charge >= 0.3 is 5.97 Å². The highest BCUT2D eigenvalue weighted by molar-refractivity contribution is 5.99. The lowest BCUT2D eigenvalue weighted by molar-refractivity contribution is -0.149. The van der Waals surface area contributed by atoms with Crippen LogP contribution in [0.5, 0.6) is 0 Å². The maximum atomic E-state index is 13.9. The molecule has 0 aliphatic carbocycles. The third-order valence-corrected chi connectivity index (χ3v) is 4.97. The Morgan fingerprint density at radius 2 is 2.00 bits per heavy atom. The number of aromatic nitrogens is 1. The summed E-state index contributed by atoms with van der Waals surface area (Å²) < 4.78 is 19.3. The highest BCUT2D eigenvalue weighted by atomic mass is 19.1. The molecular formula is C22H19FN2O3. The van der Waals surface area contributed by atoms with Crippen LogP contribution >= 0.6 is 0 Å². The fourth-order valence-electron chi connectivity index (χ4n) is 3.42. The number of pyridine rings is 1. The SMILES string of the molecule is Cc1ccc(N2CC(C(=O)OCc3ccc(F)c4cccnc34)CC2=O)cc1. The van der Waals surface area contributed by atoms with Crippen molar-refractivity contribution in [2.75, 3.05) is 11.4 Å². The Bertz CT molecular complexity index is 1050. The highest BCUT2D eigenvalue weighted by Gasteiger charge is 2.36. The van der Waals surface area contributed by atoms with E-state index in [1.165, 1.54) is 6.07 Å². The number of ether oxygens (including phenoxy) is 1. The zero-order chi connectivity index (χ0) is 19.7. The summed E-state index contributed by atoms with van der Waals surface area (Å²) >= 11 is 0. The molecule has 28 heavy (non-hydrogen) atoms. The van der Waals surface area contributed by atoms with Gasteiger partial charge in [-0.1, -0.05) is 23.8 Å². The van der Waals surface area contributed by atoms with Gasteiger partial charge < -0.3 is 9.64 Å². The molecule has 1 amide bonds. The summed E-state index contributed by atoms with van der Waals surface area (Å²) in [5, 5.41) is 0.387. The standard InChI is InChI=1S/C22H19FN2O3/c1-14-4-7-17(8-5-14)25-12-16(11-20(25)26)22(27)28-13-15-6-9-19(23)18-3-2-10-24-21(15)18/h2-10,16H,11-13H2,1H3. The van der Waals surface area contributed by atoms with Crippen molar-refractivity contribution in [3.05, 3.63) is 71.7 Å². The first-order chi connectivity index (χ1) is 13.5. The molecule has 2 aromatic carbocycles. The Balaban J connectivity index is 1.44. The normalized spacial score (nSPS) is 16.6. The molecule has 1 saturated heterocycles. The number of hydrogen-bond donors (Lipinski definition) is 0. The summed E-state index contributed by atoms with van der Waals surface area (Å²) in [5.74, 6) is -1.42. The number of anilines is 1. The van der Waals surface area contributed by atoms with Gasteiger partial charge in [-0.2, -0.15) is 0 Å². The molecule has 1 unspecified atom stereocenters. The number of amides is 1. The van der Waals surface area contributed by atoms with Crippen LogP contribution in [0.15, 0.2) is 54.7 Å². The van der Waals surface area contributed by atoms with Crippen molar-refractivity contribution >= 4 is 28.5 Å². The number of carbonyl (C=O) groups excluding carboxylic acids is 2. The number of nitrogens with zero attached hydrogens (tertiary/aromatic N) is 2. The van der Waals surface area contributed by atoms with E-state index in [4.69, 9.17) is 4.74 Å². The second kappa shape index (κ2) is 7.38. The van der Waals surface area contributed by atoms with Gasteiger partial charge in [0.15, 0.2) is 0 Å². The fourth-order valence-corrected chi connectivity index (χ4v) is 3.42. The van der Waals surface area contributed by atoms with Crippen molar-refractivity contribution in [2.45, 2.75) is 20.0 Å². The molecule has 1 fully saturated rings. The number of carbonyl (C=O) groups is 2. The number of benzene rings is 2. The lowest BCUT2D eigenvalue weighted by Gasteiger charge is -2.16. The zero-order valence-electron chi connectivity index (χ0n) is 15.4. The summed E-state index contributed by atoms with van der Waals surface area (Å²) in [7, 11) is 0. The smallest absolute Gasteiger partial charge is 0.311 e. The Kier molecular flexibility index (Phi) is 4.77. The summed E-state index contributed by atoms with van der Waals surface area (Å²) in [6, 6.07) is 13.8. The largest absolute Gasteiger partial charge is 0.460 e. The number of esters is 1. The summed E-state index contributed by atoms with van der Waals surface area (Å²) in [6.45, 7) is 2.26. The van der Waals surface area contributed by atoms with Crippen LogP contribution in [0.2, 0.25) is 0 Å². The van der Waals surface area contributed by atoms with Crippen LogP contribution in [0, 0.1) is 18.7 Å². The third kappa shape index (κ3) is 3.45. The molecule has 1 aliphatic heterocycles. The van der Waals surface area contributed by atoms with E-state index in [1.807, 2.05) is 31.2 Å². The van der Waals surface area contributed by atoms with Gasteiger partial charge in [-0.05, 0) is 37.3 Å². The molecule has 0 N–H and O–H groups in total. The lowest BCUT2D eigenvalue weighted by Crippen LogP contribution is -2.26. The quantitative estimate of drug-likeness (QED) is 0.649. The van der Waals surface area contributed by atoms with Gasteiger partial charge in [0.05, 0.1) is 11.4 Å². The van der Waals surface area contributed by atoms with E-state index < -0.39 is 11.9 Å². The molecule has 2 heterocycles. The topological polar surface area (TPSA) is 59.5 Å². The van der Waals surface area contributed by atoms with E-state index in [1.54, 1.807) is 29.3 Å². The van der Waals surface area contributed by atoms with Gasteiger partial charge in [-0.15, -0.1) is 0 Å². The number of hydrogen-bond acceptors (Lipinski definition) is 4. The van der Waals surface area contributed by atoms with Crippen LogP contribution in [0.25, 0.3) is 10.9 Å². The molecule has 0 radical (unpaired) electrons. The van der Waals surface area contributed by atoms with Gasteiger partial charge in [0, 0.05) is 35.8 Å². The minimum Gasteiger partial charge on any atom is -0.460 e. The van der Waals surface area contributed by atoms with Crippen LogP contribution in [0.3, 0.4) is 0 Å². The van der Waals surface area contributed by atoms with Crippen LogP contribution in [-0.2, 0) is 20.9 Å². The second-order valence-corrected chi connectivity index (χ2v) is 6.95. The Morgan fingerprint density at radius 3 is 2.79 bits per heavy atom. The van der Waals surface area contributed by atoms with Gasteiger partial charge in [0.25, 0.3) is 0 Å². The van der Waals surface area contributed by atoms with Crippen LogP contribution < -0.4 is 4.90 Å². The van der Waals surface area contributed by atoms with Crippen molar-refractivity contribution < 1.29 is 18.7 Å². The summed E-state index contributed by atoms with van der Waals surface area (Å²) in [4.78, 5) is 30.6. The highest BCUT2D eigenvalue weighted by Crippen LogP contribution is 2.27. The van der Waals surface area contributed by atoms with Crippen molar-refractivity contribution in [3.8, 4) is 0 Å². The molecule has 3 aromatic rings. The van der Waals surface area contributed by atoms with Crippen LogP contribution in [0.1, 0.15) is 17.5 Å². The number of halogens is 1. The fraction of sp³-hybridized carbons (Fsp3) is 0.227. The first-order valence-corrected chi connectivity index (χ1v) is 9.08. The molecule has 1 aliphatic rings. The number of rotatable bonds is 4. The predicted molar refractivity (Wildman–Crippen MR) is 103 cm³/mol. The number of fused-ring (bicyclic) bond motifs is 1. The van der Waals surface area contributed by atoms with Gasteiger partial charge in [-0.25, -0.2) is 4.39 Å². The van der Waals surface area contributed by atoms with Crippen molar-refractivity contribution in [1.82, 2.24) is 4.98 Å². The van der Waals surface area contributed by atoms with Crippen molar-refractivity contribution in [1.29, 1.82) is 0 Å². The maximum Gasteiger partial charge on any atom is 0.311 e. The first kappa shape index (κ1) is 18.1. The van der Waals surface area contributed by atoms with E-state index in [0.717, 1.165) is 11.3 Å². The average molecular weight is 378 g/mol. The molecule has 0 bridgehead atoms. The molecule has 4 rings (SSSR count). The summed E-state index contributed by atoms with van der Waals surface area (Å²) in [6.07, 6.45) is 1.69. The first-order valence-electron chi connectivity index (χ1n) is 9.08. The summed E-state index contributed by atoms with van der Waals surface area (Å²) in [5.41, 5.74) is 2.98. The van der Waals surface area contributed by atoms with E-state index in [0.29, 0.717) is 23.0 Å². The van der Waals surface area contributed by atoms with Crippen molar-refractivity contribution in [2.24, 2.45) is 5.92 Å². The molecule has 1 aromatic heterocycles. The van der Waals surface area contributed by atoms with E-state index in [2.05, 4.69) is 4.98 Å². The molecule has 0 spiro atoms. The molecule has 1 atom stereocenters. The minimum atomic E-state index is -0.520. The number of aryl methyl sites for hydroxylation is 1. The second-order valence-electron chi connectivity index (χ2n) is 6.95. The molecular weight excluding hydrogens is 359 g/mol. The van der Waals surface area contributed by atoms with Gasteiger partial charge in [0.1, 0.15) is 12.4 Å². The minimum absolute atomic E-state index is 0.0121. The Labute approximate surface area is 161 Å². The van der Waals surface area contributed by atoms with E-state index >= 15 is 0 Å². The van der Waals surface area contributed by atoms with Gasteiger partial charge in [0.2, 0.25) is 5.91 Å². The van der Waals surface area contributed by atoms with Crippen LogP contribution in [-0.4, -0.2) is 23.4 Å². The monoisotopic (exact) mass is 378 g/mol. The van der Waals surface area contributed by atoms with Crippen molar-refractivity contribution in [3.63, 3.8) is 0 Å². The maximum absolute atomic E-state index is 13.9. The Hall–Kier alpha value is -3.28. The molecule has 142 valence electrons. The Morgan fingerprint density at radius 1 is 1.21 bits per heavy atom. The lowest BCUT2D eigenvalue weighted by atomic mass is 10.1. The van der Waals surface area contributed by atoms with Gasteiger partial charge in [-0.3, -0.25) is 14.6 Å². The zero-order valence-corrected chi connectivity index (χ0v) is 15.4. The third-order valence-electron chi connectivity index (χ3n) is 4.97. The predicted octanol–water partition coefficient (Wildman–Crippen LogP) is 3.78. The molecule has 5 nitrogen and oxygen atoms in total. The molecule has 6 heteroatoms. The van der Waals surface area contributed by atoms with Crippen LogP contribution in [0.4, 0.5) is 10.1 Å². The van der Waals surface area contributed by atoms with E-state index in [-0.39, 0.29) is 24.8 Å². The molecule has 0 saturated carbocycles.